The Labute approximate surface area is 101 Å². The Morgan fingerprint density at radius 2 is 2.12 bits per heavy atom. The molecule has 0 aliphatic heterocycles. The van der Waals surface area contributed by atoms with Crippen molar-refractivity contribution in [3.8, 4) is 11.3 Å². The molecule has 0 bridgehead atoms. The average Bonchev–Trinajstić information content (AvgIpc) is 2.86. The Kier molecular flexibility index (Phi) is 3.33. The highest BCUT2D eigenvalue weighted by Gasteiger charge is 2.15. The van der Waals surface area contributed by atoms with Crippen LogP contribution in [0, 0.1) is 13.8 Å². The third kappa shape index (κ3) is 2.13. The first-order valence-corrected chi connectivity index (χ1v) is 6.00. The summed E-state index contributed by atoms with van der Waals surface area (Å²) < 4.78 is 7.73. The first-order chi connectivity index (χ1) is 8.17. The number of hydrogen-bond donors (Lipinski definition) is 1. The van der Waals surface area contributed by atoms with Crippen molar-refractivity contribution in [2.24, 2.45) is 5.73 Å². The van der Waals surface area contributed by atoms with E-state index < -0.39 is 0 Å². The maximum Gasteiger partial charge on any atom is 0.138 e. The molecule has 0 aliphatic carbocycles. The van der Waals surface area contributed by atoms with E-state index in [2.05, 4.69) is 18.9 Å². The average molecular weight is 233 g/mol. The van der Waals surface area contributed by atoms with Gasteiger partial charge in [0.25, 0.3) is 0 Å². The highest BCUT2D eigenvalue weighted by Crippen LogP contribution is 2.28. The molecule has 2 aromatic rings. The van der Waals surface area contributed by atoms with Gasteiger partial charge in [0.2, 0.25) is 0 Å². The Bertz CT molecular complexity index is 511. The summed E-state index contributed by atoms with van der Waals surface area (Å²) in [5.41, 5.74) is 8.81. The summed E-state index contributed by atoms with van der Waals surface area (Å²) in [6, 6.07) is 3.89. The van der Waals surface area contributed by atoms with E-state index >= 15 is 0 Å². The summed E-state index contributed by atoms with van der Waals surface area (Å²) in [7, 11) is 0. The second-order valence-electron chi connectivity index (χ2n) is 4.24. The molecule has 0 saturated heterocycles. The first kappa shape index (κ1) is 11.9. The Hall–Kier alpha value is -1.55. The van der Waals surface area contributed by atoms with E-state index in [1.807, 2.05) is 23.7 Å². The normalized spacial score (nSPS) is 11.1. The Morgan fingerprint density at radius 3 is 2.71 bits per heavy atom. The molecule has 4 nitrogen and oxygen atoms in total. The SMILES string of the molecule is CCCn1nc(C)c(-c2ccc(CN)o2)c1C. The molecule has 0 amide bonds. The van der Waals surface area contributed by atoms with Gasteiger partial charge in [0.15, 0.2) is 0 Å². The van der Waals surface area contributed by atoms with E-state index in [-0.39, 0.29) is 0 Å². The standard InChI is InChI=1S/C13H19N3O/c1-4-7-16-10(3)13(9(2)15-16)12-6-5-11(8-14)17-12/h5-6H,4,7-8,14H2,1-3H3. The lowest BCUT2D eigenvalue weighted by molar-refractivity contribution is 0.524. The lowest BCUT2D eigenvalue weighted by atomic mass is 10.1. The minimum Gasteiger partial charge on any atom is -0.460 e. The van der Waals surface area contributed by atoms with Gasteiger partial charge in [-0.25, -0.2) is 0 Å². The van der Waals surface area contributed by atoms with Crippen LogP contribution in [0.25, 0.3) is 11.3 Å². The van der Waals surface area contributed by atoms with Gasteiger partial charge >= 0.3 is 0 Å². The molecule has 0 radical (unpaired) electrons. The van der Waals surface area contributed by atoms with Crippen LogP contribution in [0.4, 0.5) is 0 Å². The Balaban J connectivity index is 2.44. The summed E-state index contributed by atoms with van der Waals surface area (Å²) in [5.74, 6) is 1.67. The van der Waals surface area contributed by atoms with Crippen molar-refractivity contribution in [3.05, 3.63) is 29.3 Å². The van der Waals surface area contributed by atoms with E-state index in [0.29, 0.717) is 6.54 Å². The van der Waals surface area contributed by atoms with E-state index in [1.165, 1.54) is 0 Å². The lowest BCUT2D eigenvalue weighted by Crippen LogP contribution is -2.01. The lowest BCUT2D eigenvalue weighted by Gasteiger charge is -2.01. The molecule has 17 heavy (non-hydrogen) atoms. The summed E-state index contributed by atoms with van der Waals surface area (Å²) in [6.07, 6.45) is 1.08. The van der Waals surface area contributed by atoms with Crippen LogP contribution >= 0.6 is 0 Å². The fourth-order valence-corrected chi connectivity index (χ4v) is 2.11. The predicted molar refractivity (Wildman–Crippen MR) is 67.6 cm³/mol. The van der Waals surface area contributed by atoms with E-state index in [0.717, 1.165) is 41.4 Å². The molecule has 0 fully saturated rings. The molecule has 2 rings (SSSR count). The van der Waals surface area contributed by atoms with Gasteiger partial charge in [-0.15, -0.1) is 0 Å². The molecule has 0 aromatic carbocycles. The molecule has 2 heterocycles. The van der Waals surface area contributed by atoms with E-state index in [4.69, 9.17) is 10.2 Å². The van der Waals surface area contributed by atoms with Crippen LogP contribution in [0.3, 0.4) is 0 Å². The van der Waals surface area contributed by atoms with Gasteiger partial charge in [0.1, 0.15) is 11.5 Å². The van der Waals surface area contributed by atoms with E-state index in [9.17, 15) is 0 Å². The predicted octanol–water partition coefficient (Wildman–Crippen LogP) is 2.63. The van der Waals surface area contributed by atoms with Gasteiger partial charge in [0.05, 0.1) is 17.8 Å². The fourth-order valence-electron chi connectivity index (χ4n) is 2.11. The Morgan fingerprint density at radius 1 is 1.35 bits per heavy atom. The van der Waals surface area contributed by atoms with Crippen molar-refractivity contribution in [1.29, 1.82) is 0 Å². The minimum atomic E-state index is 0.432. The molecule has 2 aromatic heterocycles. The maximum absolute atomic E-state index is 5.69. The summed E-state index contributed by atoms with van der Waals surface area (Å²) in [6.45, 7) is 7.61. The van der Waals surface area contributed by atoms with Crippen molar-refractivity contribution in [1.82, 2.24) is 9.78 Å². The molecule has 4 heteroatoms. The topological polar surface area (TPSA) is 57.0 Å². The number of nitrogens with two attached hydrogens (primary N) is 1. The highest BCUT2D eigenvalue weighted by molar-refractivity contribution is 5.63. The second kappa shape index (κ2) is 4.75. The van der Waals surface area contributed by atoms with Gasteiger partial charge in [-0.3, -0.25) is 4.68 Å². The van der Waals surface area contributed by atoms with Crippen molar-refractivity contribution in [2.45, 2.75) is 40.3 Å². The van der Waals surface area contributed by atoms with Crippen LogP contribution in [0.15, 0.2) is 16.5 Å². The minimum absolute atomic E-state index is 0.432. The molecule has 0 aliphatic rings. The van der Waals surface area contributed by atoms with E-state index in [1.54, 1.807) is 0 Å². The number of hydrogen-bond acceptors (Lipinski definition) is 3. The van der Waals surface area contributed by atoms with Gasteiger partial charge in [-0.05, 0) is 32.4 Å². The van der Waals surface area contributed by atoms with Crippen molar-refractivity contribution in [2.75, 3.05) is 0 Å². The van der Waals surface area contributed by atoms with Crippen LogP contribution < -0.4 is 5.73 Å². The van der Waals surface area contributed by atoms with Crippen molar-refractivity contribution >= 4 is 0 Å². The van der Waals surface area contributed by atoms with Crippen LogP contribution in [-0.2, 0) is 13.1 Å². The third-order valence-electron chi connectivity index (χ3n) is 2.93. The zero-order valence-corrected chi connectivity index (χ0v) is 10.7. The summed E-state index contributed by atoms with van der Waals surface area (Å²) in [5, 5.41) is 4.54. The zero-order valence-electron chi connectivity index (χ0n) is 10.7. The second-order valence-corrected chi connectivity index (χ2v) is 4.24. The molecule has 0 spiro atoms. The number of aromatic nitrogens is 2. The van der Waals surface area contributed by atoms with Crippen LogP contribution in [0.5, 0.6) is 0 Å². The summed E-state index contributed by atoms with van der Waals surface area (Å²) in [4.78, 5) is 0. The molecule has 2 N–H and O–H groups in total. The van der Waals surface area contributed by atoms with Gasteiger partial charge in [0, 0.05) is 12.2 Å². The molecule has 0 unspecified atom stereocenters. The highest BCUT2D eigenvalue weighted by atomic mass is 16.3. The quantitative estimate of drug-likeness (QED) is 0.883. The first-order valence-electron chi connectivity index (χ1n) is 6.00. The monoisotopic (exact) mass is 233 g/mol. The molecular weight excluding hydrogens is 214 g/mol. The summed E-state index contributed by atoms with van der Waals surface area (Å²) >= 11 is 0. The van der Waals surface area contributed by atoms with Gasteiger partial charge in [-0.1, -0.05) is 6.92 Å². The molecule has 0 saturated carbocycles. The van der Waals surface area contributed by atoms with Gasteiger partial charge in [-0.2, -0.15) is 5.10 Å². The van der Waals surface area contributed by atoms with Crippen LogP contribution in [0.2, 0.25) is 0 Å². The van der Waals surface area contributed by atoms with Crippen molar-refractivity contribution in [3.63, 3.8) is 0 Å². The zero-order chi connectivity index (χ0) is 12.4. The molecule has 0 atom stereocenters. The van der Waals surface area contributed by atoms with Crippen LogP contribution in [0.1, 0.15) is 30.5 Å². The third-order valence-corrected chi connectivity index (χ3v) is 2.93. The molecular formula is C13H19N3O. The maximum atomic E-state index is 5.69. The number of rotatable bonds is 4. The number of nitrogens with zero attached hydrogens (tertiary/aromatic N) is 2. The van der Waals surface area contributed by atoms with Crippen LogP contribution in [-0.4, -0.2) is 9.78 Å². The number of aryl methyl sites for hydroxylation is 2. The number of furan rings is 1. The smallest absolute Gasteiger partial charge is 0.138 e. The van der Waals surface area contributed by atoms with Gasteiger partial charge < -0.3 is 10.2 Å². The fraction of sp³-hybridized carbons (Fsp3) is 0.462. The molecule has 92 valence electrons. The van der Waals surface area contributed by atoms with Crippen molar-refractivity contribution < 1.29 is 4.42 Å². The largest absolute Gasteiger partial charge is 0.460 e.